The summed E-state index contributed by atoms with van der Waals surface area (Å²) in [5, 5.41) is 0. The third-order valence-electron chi connectivity index (χ3n) is 1.62. The van der Waals surface area contributed by atoms with Crippen LogP contribution in [0.1, 0.15) is 5.69 Å². The van der Waals surface area contributed by atoms with E-state index in [0.717, 1.165) is 5.69 Å². The summed E-state index contributed by atoms with van der Waals surface area (Å²) in [5.41, 5.74) is 1.04. The van der Waals surface area contributed by atoms with E-state index < -0.39 is 0 Å². The Balaban J connectivity index is 2.16. The van der Waals surface area contributed by atoms with E-state index >= 15 is 0 Å². The van der Waals surface area contributed by atoms with Crippen LogP contribution in [-0.2, 0) is 0 Å². The van der Waals surface area contributed by atoms with Crippen LogP contribution < -0.4 is 0 Å². The molecule has 1 heterocycles. The molecular formula is C10H8N. The topological polar surface area (TPSA) is 12.9 Å². The molecule has 0 N–H and O–H groups in total. The maximum absolute atomic E-state index is 4.22. The molecule has 0 spiro atoms. The molecule has 1 aliphatic carbocycles. The summed E-state index contributed by atoms with van der Waals surface area (Å²) in [6.07, 6.45) is 9.96. The molecule has 1 aromatic rings. The van der Waals surface area contributed by atoms with Crippen molar-refractivity contribution in [2.24, 2.45) is 0 Å². The zero-order valence-corrected chi connectivity index (χ0v) is 6.07. The van der Waals surface area contributed by atoms with Crippen molar-refractivity contribution in [3.05, 3.63) is 61.7 Å². The molecule has 5 radical (unpaired) electrons. The van der Waals surface area contributed by atoms with Gasteiger partial charge in [-0.25, -0.2) is 0 Å². The second-order valence-corrected chi connectivity index (χ2v) is 2.39. The average molecular weight is 142 g/mol. The van der Waals surface area contributed by atoms with Gasteiger partial charge in [0.05, 0.1) is 0 Å². The highest BCUT2D eigenvalue weighted by Gasteiger charge is 2.19. The quantitative estimate of drug-likeness (QED) is 0.583. The molecule has 0 bridgehead atoms. The van der Waals surface area contributed by atoms with Crippen LogP contribution in [0, 0.1) is 31.6 Å². The van der Waals surface area contributed by atoms with Crippen molar-refractivity contribution in [2.45, 2.75) is 0 Å². The molecule has 53 valence electrons. The van der Waals surface area contributed by atoms with Gasteiger partial charge in [0, 0.05) is 17.8 Å². The predicted molar refractivity (Wildman–Crippen MR) is 43.8 cm³/mol. The molecule has 1 fully saturated rings. The van der Waals surface area contributed by atoms with Gasteiger partial charge in [-0.2, -0.15) is 0 Å². The van der Waals surface area contributed by atoms with E-state index in [1.165, 1.54) is 5.92 Å². The molecule has 0 saturated heterocycles. The van der Waals surface area contributed by atoms with Crippen LogP contribution >= 0.6 is 0 Å². The molecule has 1 nitrogen and oxygen atoms in total. The van der Waals surface area contributed by atoms with Crippen LogP contribution in [0.4, 0.5) is 0 Å². The van der Waals surface area contributed by atoms with Crippen molar-refractivity contribution >= 4 is 0 Å². The van der Waals surface area contributed by atoms with Crippen LogP contribution in [-0.4, -0.2) is 4.98 Å². The first kappa shape index (κ1) is 6.84. The zero-order valence-electron chi connectivity index (χ0n) is 6.07. The second kappa shape index (κ2) is 3.04. The van der Waals surface area contributed by atoms with Crippen molar-refractivity contribution in [3.63, 3.8) is 0 Å². The zero-order chi connectivity index (χ0) is 7.52. The molecule has 1 aliphatic rings. The summed E-state index contributed by atoms with van der Waals surface area (Å²) in [6.45, 7) is 0. The first-order valence-corrected chi connectivity index (χ1v) is 3.60. The van der Waals surface area contributed by atoms with Crippen molar-refractivity contribution in [1.29, 1.82) is 0 Å². The predicted octanol–water partition coefficient (Wildman–Crippen LogP) is 1.83. The van der Waals surface area contributed by atoms with Gasteiger partial charge in [0.1, 0.15) is 0 Å². The summed E-state index contributed by atoms with van der Waals surface area (Å²) < 4.78 is 0. The molecule has 11 heavy (non-hydrogen) atoms. The highest BCUT2D eigenvalue weighted by atomic mass is 14.7. The lowest BCUT2D eigenvalue weighted by molar-refractivity contribution is 1.14. The number of rotatable bonds is 1. The molecule has 0 unspecified atom stereocenters. The molecule has 0 amide bonds. The van der Waals surface area contributed by atoms with Crippen LogP contribution in [0.15, 0.2) is 24.4 Å². The Kier molecular flexibility index (Phi) is 1.89. The maximum Gasteiger partial charge on any atom is 0.0481 e. The first-order valence-electron chi connectivity index (χ1n) is 3.60. The maximum atomic E-state index is 4.22. The highest BCUT2D eigenvalue weighted by molar-refractivity contribution is 5.46. The summed E-state index contributed by atoms with van der Waals surface area (Å²) >= 11 is 0. The molecule has 0 aromatic carbocycles. The fourth-order valence-corrected chi connectivity index (χ4v) is 1.08. The molecular weight excluding hydrogens is 134 g/mol. The first-order chi connectivity index (χ1) is 5.47. The van der Waals surface area contributed by atoms with E-state index in [1.807, 2.05) is 37.2 Å². The molecule has 1 heteroatoms. The van der Waals surface area contributed by atoms with E-state index in [0.29, 0.717) is 0 Å². The monoisotopic (exact) mass is 142 g/mol. The molecule has 1 aromatic heterocycles. The standard InChI is InChI=1S/C10H8N/c1-2-6-9(5-1)10-7-3-4-8-11-10/h1-8H. The smallest absolute Gasteiger partial charge is 0.0481 e. The largest absolute Gasteiger partial charge is 0.261 e. The third-order valence-corrected chi connectivity index (χ3v) is 1.62. The summed E-state index contributed by atoms with van der Waals surface area (Å²) in [5.74, 6) is 1.19. The van der Waals surface area contributed by atoms with Crippen LogP contribution in [0.25, 0.3) is 0 Å². The van der Waals surface area contributed by atoms with Crippen LogP contribution in [0.5, 0.6) is 0 Å². The Bertz CT molecular complexity index is 212. The van der Waals surface area contributed by atoms with Gasteiger partial charge < -0.3 is 0 Å². The minimum Gasteiger partial charge on any atom is -0.261 e. The average Bonchev–Trinajstić information content (AvgIpc) is 2.58. The number of hydrogen-bond donors (Lipinski definition) is 0. The van der Waals surface area contributed by atoms with Gasteiger partial charge in [-0.15, -0.1) is 0 Å². The normalized spacial score (nSPS) is 18.9. The second-order valence-electron chi connectivity index (χ2n) is 2.39. The van der Waals surface area contributed by atoms with Crippen molar-refractivity contribution < 1.29 is 0 Å². The minimum absolute atomic E-state index is 1.04. The van der Waals surface area contributed by atoms with Gasteiger partial charge in [-0.1, -0.05) is 6.07 Å². The van der Waals surface area contributed by atoms with Gasteiger partial charge in [0.2, 0.25) is 0 Å². The molecule has 0 atom stereocenters. The Labute approximate surface area is 67.5 Å². The number of nitrogens with zero attached hydrogens (tertiary/aromatic N) is 1. The van der Waals surface area contributed by atoms with Gasteiger partial charge in [0.15, 0.2) is 0 Å². The molecule has 2 rings (SSSR count). The minimum atomic E-state index is 1.04. The summed E-state index contributed by atoms with van der Waals surface area (Å²) in [4.78, 5) is 4.22. The van der Waals surface area contributed by atoms with E-state index in [4.69, 9.17) is 0 Å². The fraction of sp³-hybridized carbons (Fsp3) is 0. The number of aromatic nitrogens is 1. The SMILES string of the molecule is [CH]1[CH][CH][C](c2ccccn2)[CH]1. The Morgan fingerprint density at radius 2 is 1.82 bits per heavy atom. The molecule has 1 saturated carbocycles. The van der Waals surface area contributed by atoms with Crippen molar-refractivity contribution in [2.75, 3.05) is 0 Å². The fourth-order valence-electron chi connectivity index (χ4n) is 1.08. The van der Waals surface area contributed by atoms with Crippen LogP contribution in [0.2, 0.25) is 0 Å². The number of pyridine rings is 1. The Morgan fingerprint density at radius 3 is 2.45 bits per heavy atom. The summed E-state index contributed by atoms with van der Waals surface area (Å²) in [7, 11) is 0. The molecule has 0 aliphatic heterocycles. The van der Waals surface area contributed by atoms with E-state index in [1.54, 1.807) is 0 Å². The lowest BCUT2D eigenvalue weighted by atomic mass is 10.0. The lowest BCUT2D eigenvalue weighted by Crippen LogP contribution is -1.96. The Morgan fingerprint density at radius 1 is 1.00 bits per heavy atom. The van der Waals surface area contributed by atoms with Crippen LogP contribution in [0.3, 0.4) is 0 Å². The van der Waals surface area contributed by atoms with Gasteiger partial charge in [-0.3, -0.25) is 4.98 Å². The van der Waals surface area contributed by atoms with E-state index in [2.05, 4.69) is 17.8 Å². The summed E-state index contributed by atoms with van der Waals surface area (Å²) in [6, 6.07) is 5.93. The Hall–Kier alpha value is -0.850. The van der Waals surface area contributed by atoms with Crippen molar-refractivity contribution in [3.8, 4) is 0 Å². The van der Waals surface area contributed by atoms with Gasteiger partial charge in [0.25, 0.3) is 0 Å². The third kappa shape index (κ3) is 1.42. The number of hydrogen-bond acceptors (Lipinski definition) is 1. The van der Waals surface area contributed by atoms with E-state index in [-0.39, 0.29) is 0 Å². The highest BCUT2D eigenvalue weighted by Crippen LogP contribution is 2.27. The van der Waals surface area contributed by atoms with Crippen molar-refractivity contribution in [1.82, 2.24) is 4.98 Å². The van der Waals surface area contributed by atoms with E-state index in [9.17, 15) is 0 Å². The van der Waals surface area contributed by atoms with Gasteiger partial charge >= 0.3 is 0 Å². The lowest BCUT2D eigenvalue weighted by Gasteiger charge is -2.04. The van der Waals surface area contributed by atoms with Gasteiger partial charge in [-0.05, 0) is 37.8 Å².